The Morgan fingerprint density at radius 2 is 1.53 bits per heavy atom. The Balaban J connectivity index is 1.54. The summed E-state index contributed by atoms with van der Waals surface area (Å²) in [6, 6.07) is 13.9. The van der Waals surface area contributed by atoms with Crippen LogP contribution >= 0.6 is 0 Å². The van der Waals surface area contributed by atoms with E-state index in [2.05, 4.69) is 42.0 Å². The fourth-order valence-electron chi connectivity index (χ4n) is 3.17. The van der Waals surface area contributed by atoms with Gasteiger partial charge in [-0.05, 0) is 47.4 Å². The number of carbonyl (C=O) groups is 3. The lowest BCUT2D eigenvalue weighted by molar-refractivity contribution is -0.127. The van der Waals surface area contributed by atoms with E-state index in [-0.39, 0.29) is 29.6 Å². The van der Waals surface area contributed by atoms with E-state index in [9.17, 15) is 14.4 Å². The highest BCUT2D eigenvalue weighted by Gasteiger charge is 2.24. The van der Waals surface area contributed by atoms with Crippen molar-refractivity contribution < 1.29 is 14.4 Å². The molecule has 4 N–H and O–H groups in total. The highest BCUT2D eigenvalue weighted by atomic mass is 16.2. The van der Waals surface area contributed by atoms with Gasteiger partial charge in [0.25, 0.3) is 5.91 Å². The maximum atomic E-state index is 12.5. The zero-order valence-electron chi connectivity index (χ0n) is 17.5. The number of hydrogen-bond acceptors (Lipinski definition) is 4. The van der Waals surface area contributed by atoms with Gasteiger partial charge in [0.15, 0.2) is 0 Å². The van der Waals surface area contributed by atoms with Crippen LogP contribution in [0.25, 0.3) is 0 Å². The lowest BCUT2D eigenvalue weighted by atomic mass is 9.87. The van der Waals surface area contributed by atoms with E-state index in [1.165, 1.54) is 5.56 Å². The zero-order valence-corrected chi connectivity index (χ0v) is 17.5. The minimum Gasteiger partial charge on any atom is -0.353 e. The van der Waals surface area contributed by atoms with Crippen molar-refractivity contribution in [2.24, 2.45) is 0 Å². The maximum absolute atomic E-state index is 12.5. The molecule has 1 saturated heterocycles. The number of piperazine rings is 1. The molecule has 2 aromatic rings. The van der Waals surface area contributed by atoms with Gasteiger partial charge in [-0.1, -0.05) is 32.9 Å². The molecule has 1 atom stereocenters. The zero-order chi connectivity index (χ0) is 21.7. The van der Waals surface area contributed by atoms with Crippen LogP contribution in [0.2, 0.25) is 0 Å². The summed E-state index contributed by atoms with van der Waals surface area (Å²) in [5.41, 5.74) is 3.01. The normalized spacial score (nSPS) is 16.5. The maximum Gasteiger partial charge on any atom is 0.255 e. The molecule has 0 aromatic heterocycles. The lowest BCUT2D eigenvalue weighted by Gasteiger charge is -2.22. The molecule has 0 aliphatic carbocycles. The largest absolute Gasteiger partial charge is 0.353 e. The molecule has 7 nitrogen and oxygen atoms in total. The van der Waals surface area contributed by atoms with Gasteiger partial charge in [0.1, 0.15) is 0 Å². The van der Waals surface area contributed by atoms with Crippen molar-refractivity contribution in [1.82, 2.24) is 10.6 Å². The van der Waals surface area contributed by atoms with Crippen LogP contribution in [0, 0.1) is 0 Å². The number of hydrogen-bond donors (Lipinski definition) is 4. The molecule has 2 aromatic carbocycles. The van der Waals surface area contributed by atoms with Crippen molar-refractivity contribution in [3.05, 3.63) is 59.7 Å². The Labute approximate surface area is 176 Å². The molecule has 1 fully saturated rings. The van der Waals surface area contributed by atoms with Crippen molar-refractivity contribution in [1.29, 1.82) is 0 Å². The van der Waals surface area contributed by atoms with Crippen LogP contribution in [-0.4, -0.2) is 36.9 Å². The van der Waals surface area contributed by atoms with Gasteiger partial charge >= 0.3 is 0 Å². The third-order valence-electron chi connectivity index (χ3n) is 4.96. The number of rotatable bonds is 5. The molecule has 1 unspecified atom stereocenters. The SMILES string of the molecule is CC(C)(C)c1ccc(C(=O)Nc2ccc(NC(=O)CC3NCCNC3=O)cc2)cc1. The molecule has 3 rings (SSSR count). The summed E-state index contributed by atoms with van der Waals surface area (Å²) in [4.78, 5) is 36.4. The summed E-state index contributed by atoms with van der Waals surface area (Å²) in [6.45, 7) is 7.61. The van der Waals surface area contributed by atoms with Crippen molar-refractivity contribution in [2.75, 3.05) is 23.7 Å². The van der Waals surface area contributed by atoms with Gasteiger partial charge in [0, 0.05) is 30.0 Å². The summed E-state index contributed by atoms with van der Waals surface area (Å²) in [5, 5.41) is 11.4. The van der Waals surface area contributed by atoms with Crippen molar-refractivity contribution in [3.63, 3.8) is 0 Å². The first-order chi connectivity index (χ1) is 14.2. The van der Waals surface area contributed by atoms with Gasteiger partial charge in [0.05, 0.1) is 12.5 Å². The summed E-state index contributed by atoms with van der Waals surface area (Å²) in [7, 11) is 0. The quantitative estimate of drug-likeness (QED) is 0.611. The van der Waals surface area contributed by atoms with E-state index in [4.69, 9.17) is 0 Å². The second-order valence-corrected chi connectivity index (χ2v) is 8.41. The summed E-state index contributed by atoms with van der Waals surface area (Å²) in [5.74, 6) is -0.605. The minimum absolute atomic E-state index is 0.0338. The first-order valence-corrected chi connectivity index (χ1v) is 10.1. The van der Waals surface area contributed by atoms with Gasteiger partial charge in [0.2, 0.25) is 11.8 Å². The highest BCUT2D eigenvalue weighted by Crippen LogP contribution is 2.22. The molecule has 0 saturated carbocycles. The molecule has 1 heterocycles. The molecule has 0 radical (unpaired) electrons. The van der Waals surface area contributed by atoms with Crippen LogP contribution in [0.3, 0.4) is 0 Å². The van der Waals surface area contributed by atoms with Gasteiger partial charge in [-0.2, -0.15) is 0 Å². The first-order valence-electron chi connectivity index (χ1n) is 10.1. The predicted octanol–water partition coefficient (Wildman–Crippen LogP) is 2.65. The fraction of sp³-hybridized carbons (Fsp3) is 0.348. The second-order valence-electron chi connectivity index (χ2n) is 8.41. The molecule has 3 amide bonds. The van der Waals surface area contributed by atoms with E-state index < -0.39 is 6.04 Å². The Bertz CT molecular complexity index is 915. The molecular weight excluding hydrogens is 380 g/mol. The monoisotopic (exact) mass is 408 g/mol. The topological polar surface area (TPSA) is 99.3 Å². The molecule has 7 heteroatoms. The highest BCUT2D eigenvalue weighted by molar-refractivity contribution is 6.04. The summed E-state index contributed by atoms with van der Waals surface area (Å²) in [6.07, 6.45) is 0.0644. The Morgan fingerprint density at radius 1 is 0.933 bits per heavy atom. The van der Waals surface area contributed by atoms with Crippen LogP contribution < -0.4 is 21.3 Å². The second kappa shape index (κ2) is 9.09. The number of nitrogens with one attached hydrogen (secondary N) is 4. The van der Waals surface area contributed by atoms with Crippen LogP contribution in [-0.2, 0) is 15.0 Å². The van der Waals surface area contributed by atoms with Crippen molar-refractivity contribution >= 4 is 29.1 Å². The minimum atomic E-state index is -0.512. The van der Waals surface area contributed by atoms with E-state index in [0.29, 0.717) is 30.0 Å². The predicted molar refractivity (Wildman–Crippen MR) is 118 cm³/mol. The molecule has 1 aliphatic heterocycles. The molecule has 158 valence electrons. The van der Waals surface area contributed by atoms with E-state index in [0.717, 1.165) is 0 Å². The standard InChI is InChI=1S/C23H28N4O3/c1-23(2,3)16-6-4-15(5-7-16)21(29)27-18-10-8-17(9-11-18)26-20(28)14-19-22(30)25-13-12-24-19/h4-11,19,24H,12-14H2,1-3H3,(H,25,30)(H,26,28)(H,27,29). The number of carbonyl (C=O) groups excluding carboxylic acids is 3. The summed E-state index contributed by atoms with van der Waals surface area (Å²) < 4.78 is 0. The van der Waals surface area contributed by atoms with E-state index in [1.807, 2.05) is 24.3 Å². The van der Waals surface area contributed by atoms with Crippen LogP contribution in [0.5, 0.6) is 0 Å². The molecule has 1 aliphatic rings. The molecule has 0 bridgehead atoms. The number of benzene rings is 2. The summed E-state index contributed by atoms with van der Waals surface area (Å²) >= 11 is 0. The molecular formula is C23H28N4O3. The Hall–Kier alpha value is -3.19. The Morgan fingerprint density at radius 3 is 2.10 bits per heavy atom. The third kappa shape index (κ3) is 5.67. The van der Waals surface area contributed by atoms with Gasteiger partial charge in [-0.3, -0.25) is 14.4 Å². The van der Waals surface area contributed by atoms with E-state index >= 15 is 0 Å². The first kappa shape index (κ1) is 21.5. The third-order valence-corrected chi connectivity index (χ3v) is 4.96. The Kier molecular flexibility index (Phi) is 6.52. The average Bonchev–Trinajstić information content (AvgIpc) is 2.70. The van der Waals surface area contributed by atoms with Crippen LogP contribution in [0.1, 0.15) is 43.1 Å². The van der Waals surface area contributed by atoms with Gasteiger partial charge < -0.3 is 21.3 Å². The van der Waals surface area contributed by atoms with Gasteiger partial charge in [-0.15, -0.1) is 0 Å². The number of amides is 3. The molecule has 30 heavy (non-hydrogen) atoms. The molecule has 0 spiro atoms. The van der Waals surface area contributed by atoms with Crippen molar-refractivity contribution in [3.8, 4) is 0 Å². The van der Waals surface area contributed by atoms with E-state index in [1.54, 1.807) is 24.3 Å². The average molecular weight is 409 g/mol. The lowest BCUT2D eigenvalue weighted by Crippen LogP contribution is -2.53. The van der Waals surface area contributed by atoms with Crippen LogP contribution in [0.15, 0.2) is 48.5 Å². The fourth-order valence-corrected chi connectivity index (χ4v) is 3.17. The smallest absolute Gasteiger partial charge is 0.255 e. The van der Waals surface area contributed by atoms with Crippen LogP contribution in [0.4, 0.5) is 11.4 Å². The number of anilines is 2. The van der Waals surface area contributed by atoms with Crippen molar-refractivity contribution in [2.45, 2.75) is 38.6 Å². The van der Waals surface area contributed by atoms with Gasteiger partial charge in [-0.25, -0.2) is 0 Å².